The molecular formula is C15H16N2O3. The Morgan fingerprint density at radius 2 is 2.00 bits per heavy atom. The summed E-state index contributed by atoms with van der Waals surface area (Å²) in [5, 5.41) is 0. The number of hydrogen-bond donors (Lipinski definition) is 1. The predicted molar refractivity (Wildman–Crippen MR) is 75.4 cm³/mol. The first-order valence-corrected chi connectivity index (χ1v) is 6.55. The van der Waals surface area contributed by atoms with Crippen LogP contribution in [0.3, 0.4) is 0 Å². The highest BCUT2D eigenvalue weighted by atomic mass is 16.5. The largest absolute Gasteiger partial charge is 0.497 e. The molecule has 1 fully saturated rings. The molecule has 0 spiro atoms. The number of nitrogens with zero attached hydrogens (tertiary/aromatic N) is 1. The van der Waals surface area contributed by atoms with Crippen molar-refractivity contribution in [3.05, 3.63) is 40.3 Å². The zero-order chi connectivity index (χ0) is 14.1. The van der Waals surface area contributed by atoms with Gasteiger partial charge in [0.1, 0.15) is 17.3 Å². The van der Waals surface area contributed by atoms with E-state index in [0.717, 1.165) is 24.1 Å². The van der Waals surface area contributed by atoms with Gasteiger partial charge in [0.25, 0.3) is 5.56 Å². The second kappa shape index (κ2) is 5.00. The number of aromatic amines is 1. The molecule has 2 aromatic rings. The number of methoxy groups -OCH3 is 2. The number of H-pyrrole nitrogens is 1. The van der Waals surface area contributed by atoms with Gasteiger partial charge in [-0.25, -0.2) is 4.98 Å². The Morgan fingerprint density at radius 3 is 2.65 bits per heavy atom. The maximum atomic E-state index is 11.8. The summed E-state index contributed by atoms with van der Waals surface area (Å²) in [7, 11) is 3.18. The van der Waals surface area contributed by atoms with Gasteiger partial charge in [-0.3, -0.25) is 4.79 Å². The summed E-state index contributed by atoms with van der Waals surface area (Å²) in [6, 6.07) is 7.02. The van der Waals surface area contributed by atoms with Gasteiger partial charge in [-0.05, 0) is 25.0 Å². The lowest BCUT2D eigenvalue weighted by molar-refractivity contribution is 0.395. The second-order valence-electron chi connectivity index (χ2n) is 4.86. The minimum Gasteiger partial charge on any atom is -0.497 e. The number of ether oxygens (including phenoxy) is 2. The molecule has 1 N–H and O–H groups in total. The summed E-state index contributed by atoms with van der Waals surface area (Å²) in [4.78, 5) is 19.1. The van der Waals surface area contributed by atoms with Crippen molar-refractivity contribution in [3.63, 3.8) is 0 Å². The van der Waals surface area contributed by atoms with E-state index in [9.17, 15) is 4.79 Å². The van der Waals surface area contributed by atoms with Gasteiger partial charge in [-0.1, -0.05) is 0 Å². The molecule has 1 heterocycles. The van der Waals surface area contributed by atoms with Crippen molar-refractivity contribution >= 4 is 0 Å². The number of nitrogens with one attached hydrogen (secondary N) is 1. The van der Waals surface area contributed by atoms with E-state index in [-0.39, 0.29) is 5.56 Å². The smallest absolute Gasteiger partial charge is 0.251 e. The van der Waals surface area contributed by atoms with Crippen LogP contribution in [0.5, 0.6) is 11.5 Å². The average molecular weight is 272 g/mol. The van der Waals surface area contributed by atoms with E-state index in [1.54, 1.807) is 26.4 Å². The van der Waals surface area contributed by atoms with Crippen molar-refractivity contribution in [2.45, 2.75) is 18.8 Å². The lowest BCUT2D eigenvalue weighted by Crippen LogP contribution is -2.10. The van der Waals surface area contributed by atoms with Crippen molar-refractivity contribution < 1.29 is 9.47 Å². The fourth-order valence-electron chi connectivity index (χ4n) is 2.19. The van der Waals surface area contributed by atoms with Crippen LogP contribution in [-0.4, -0.2) is 24.2 Å². The van der Waals surface area contributed by atoms with Crippen LogP contribution in [0.15, 0.2) is 29.1 Å². The molecule has 104 valence electrons. The molecule has 5 heteroatoms. The average Bonchev–Trinajstić information content (AvgIpc) is 3.30. The van der Waals surface area contributed by atoms with Gasteiger partial charge in [0.2, 0.25) is 0 Å². The van der Waals surface area contributed by atoms with Crippen LogP contribution in [0.4, 0.5) is 0 Å². The fraction of sp³-hybridized carbons (Fsp3) is 0.333. The summed E-state index contributed by atoms with van der Waals surface area (Å²) in [6.07, 6.45) is 2.21. The topological polar surface area (TPSA) is 64.2 Å². The van der Waals surface area contributed by atoms with Crippen molar-refractivity contribution in [1.29, 1.82) is 0 Å². The molecule has 3 rings (SSSR count). The van der Waals surface area contributed by atoms with Gasteiger partial charge in [0, 0.05) is 18.1 Å². The standard InChI is InChI=1S/C15H16N2O3/c1-19-10-5-6-11(13(7-10)20-2)15-16-12(9-3-4-9)8-14(18)17-15/h5-9H,3-4H2,1-2H3,(H,16,17,18). The molecule has 1 aromatic carbocycles. The molecule has 0 amide bonds. The quantitative estimate of drug-likeness (QED) is 0.927. The van der Waals surface area contributed by atoms with E-state index < -0.39 is 0 Å². The predicted octanol–water partition coefficient (Wildman–Crippen LogP) is 2.33. The van der Waals surface area contributed by atoms with Gasteiger partial charge in [0.05, 0.1) is 25.5 Å². The first-order chi connectivity index (χ1) is 9.71. The third-order valence-corrected chi connectivity index (χ3v) is 3.42. The Hall–Kier alpha value is -2.30. The molecule has 0 atom stereocenters. The summed E-state index contributed by atoms with van der Waals surface area (Å²) in [5.41, 5.74) is 1.49. The SMILES string of the molecule is COc1ccc(-c2nc(C3CC3)cc(=O)[nH]2)c(OC)c1. The van der Waals surface area contributed by atoms with E-state index >= 15 is 0 Å². The third kappa shape index (κ3) is 2.39. The van der Waals surface area contributed by atoms with Crippen molar-refractivity contribution in [2.24, 2.45) is 0 Å². The summed E-state index contributed by atoms with van der Waals surface area (Å²) in [5.74, 6) is 2.30. The van der Waals surface area contributed by atoms with Gasteiger partial charge in [0.15, 0.2) is 0 Å². The molecule has 1 aromatic heterocycles. The van der Waals surface area contributed by atoms with Gasteiger partial charge in [-0.2, -0.15) is 0 Å². The van der Waals surface area contributed by atoms with Crippen LogP contribution >= 0.6 is 0 Å². The lowest BCUT2D eigenvalue weighted by Gasteiger charge is -2.10. The Balaban J connectivity index is 2.10. The number of rotatable bonds is 4. The van der Waals surface area contributed by atoms with Crippen LogP contribution < -0.4 is 15.0 Å². The normalized spacial score (nSPS) is 14.1. The third-order valence-electron chi connectivity index (χ3n) is 3.42. The van der Waals surface area contributed by atoms with Crippen molar-refractivity contribution in [2.75, 3.05) is 14.2 Å². The van der Waals surface area contributed by atoms with E-state index in [1.165, 1.54) is 0 Å². The van der Waals surface area contributed by atoms with E-state index in [0.29, 0.717) is 23.2 Å². The zero-order valence-electron chi connectivity index (χ0n) is 11.5. The van der Waals surface area contributed by atoms with Gasteiger partial charge >= 0.3 is 0 Å². The monoisotopic (exact) mass is 272 g/mol. The highest BCUT2D eigenvalue weighted by Gasteiger charge is 2.26. The minimum atomic E-state index is -0.130. The molecule has 0 saturated heterocycles. The maximum Gasteiger partial charge on any atom is 0.251 e. The van der Waals surface area contributed by atoms with E-state index in [1.807, 2.05) is 12.1 Å². The maximum absolute atomic E-state index is 11.8. The first kappa shape index (κ1) is 12.7. The Bertz CT molecular complexity index is 690. The number of aromatic nitrogens is 2. The Kier molecular flexibility index (Phi) is 3.18. The van der Waals surface area contributed by atoms with Gasteiger partial charge in [-0.15, -0.1) is 0 Å². The second-order valence-corrected chi connectivity index (χ2v) is 4.86. The van der Waals surface area contributed by atoms with Crippen LogP contribution in [0, 0.1) is 0 Å². The van der Waals surface area contributed by atoms with Crippen LogP contribution in [0.2, 0.25) is 0 Å². The molecule has 0 aliphatic heterocycles. The van der Waals surface area contributed by atoms with E-state index in [2.05, 4.69) is 9.97 Å². The number of benzene rings is 1. The highest BCUT2D eigenvalue weighted by molar-refractivity contribution is 5.65. The van der Waals surface area contributed by atoms with Crippen LogP contribution in [-0.2, 0) is 0 Å². The Morgan fingerprint density at radius 1 is 1.20 bits per heavy atom. The minimum absolute atomic E-state index is 0.130. The first-order valence-electron chi connectivity index (χ1n) is 6.55. The number of hydrogen-bond acceptors (Lipinski definition) is 4. The lowest BCUT2D eigenvalue weighted by atomic mass is 10.1. The van der Waals surface area contributed by atoms with Gasteiger partial charge < -0.3 is 14.5 Å². The zero-order valence-corrected chi connectivity index (χ0v) is 11.5. The molecule has 1 aliphatic rings. The Labute approximate surface area is 116 Å². The highest BCUT2D eigenvalue weighted by Crippen LogP contribution is 2.39. The van der Waals surface area contributed by atoms with Crippen molar-refractivity contribution in [3.8, 4) is 22.9 Å². The van der Waals surface area contributed by atoms with Crippen LogP contribution in [0.1, 0.15) is 24.5 Å². The molecular weight excluding hydrogens is 256 g/mol. The van der Waals surface area contributed by atoms with Crippen LogP contribution in [0.25, 0.3) is 11.4 Å². The summed E-state index contributed by atoms with van der Waals surface area (Å²) in [6.45, 7) is 0. The summed E-state index contributed by atoms with van der Waals surface area (Å²) >= 11 is 0. The molecule has 0 radical (unpaired) electrons. The molecule has 20 heavy (non-hydrogen) atoms. The van der Waals surface area contributed by atoms with E-state index in [4.69, 9.17) is 9.47 Å². The fourth-order valence-corrected chi connectivity index (χ4v) is 2.19. The molecule has 5 nitrogen and oxygen atoms in total. The molecule has 0 bridgehead atoms. The molecule has 0 unspecified atom stereocenters. The molecule has 1 saturated carbocycles. The summed E-state index contributed by atoms with van der Waals surface area (Å²) < 4.78 is 10.5. The van der Waals surface area contributed by atoms with Crippen molar-refractivity contribution in [1.82, 2.24) is 9.97 Å². The molecule has 1 aliphatic carbocycles.